The van der Waals surface area contributed by atoms with Crippen LogP contribution in [0.4, 0.5) is 10.5 Å². The summed E-state index contributed by atoms with van der Waals surface area (Å²) in [6.45, 7) is 6.77. The molecule has 3 aromatic rings. The fourth-order valence-electron chi connectivity index (χ4n) is 3.17. The number of esters is 1. The van der Waals surface area contributed by atoms with Crippen LogP contribution in [0, 0.1) is 0 Å². The summed E-state index contributed by atoms with van der Waals surface area (Å²) in [6, 6.07) is 14.0. The van der Waals surface area contributed by atoms with Crippen molar-refractivity contribution in [1.82, 2.24) is 14.8 Å². The zero-order valence-corrected chi connectivity index (χ0v) is 19.0. The molecule has 3 rings (SSSR count). The Balaban J connectivity index is 2.25. The number of benzene rings is 1. The molecule has 0 unspecified atom stereocenters. The van der Waals surface area contributed by atoms with E-state index in [1.54, 1.807) is 19.1 Å². The Morgan fingerprint density at radius 3 is 2.45 bits per heavy atom. The second kappa shape index (κ2) is 10.5. The highest BCUT2D eigenvalue weighted by Crippen LogP contribution is 2.33. The van der Waals surface area contributed by atoms with Crippen molar-refractivity contribution >= 4 is 17.7 Å². The van der Waals surface area contributed by atoms with Crippen LogP contribution in [0.15, 0.2) is 53.3 Å². The predicted molar refractivity (Wildman–Crippen MR) is 124 cm³/mol. The van der Waals surface area contributed by atoms with Gasteiger partial charge < -0.3 is 9.47 Å². The van der Waals surface area contributed by atoms with E-state index < -0.39 is 12.1 Å². The van der Waals surface area contributed by atoms with E-state index in [-0.39, 0.29) is 24.8 Å². The molecular weight excluding hydrogens is 424 g/mol. The number of aromatic nitrogens is 3. The van der Waals surface area contributed by atoms with Crippen LogP contribution < -0.4 is 10.9 Å². The number of hydrogen-bond acceptors (Lipinski definition) is 7. The summed E-state index contributed by atoms with van der Waals surface area (Å²) in [4.78, 5) is 40.6. The van der Waals surface area contributed by atoms with Gasteiger partial charge in [0.1, 0.15) is 12.3 Å². The maximum atomic E-state index is 12.2. The topological polar surface area (TPSA) is 112 Å². The van der Waals surface area contributed by atoms with E-state index >= 15 is 0 Å². The van der Waals surface area contributed by atoms with Gasteiger partial charge >= 0.3 is 12.1 Å². The van der Waals surface area contributed by atoms with Crippen LogP contribution in [-0.2, 0) is 20.9 Å². The SMILES string of the molecule is CCOC(=O)Nc1cc(-c2ccc(=O)n(C(C)C)n2)c(-c2ccccc2)nc1COC(C)=O. The molecule has 0 radical (unpaired) electrons. The quantitative estimate of drug-likeness (QED) is 0.537. The summed E-state index contributed by atoms with van der Waals surface area (Å²) < 4.78 is 11.5. The van der Waals surface area contributed by atoms with Gasteiger partial charge in [-0.25, -0.2) is 14.5 Å². The monoisotopic (exact) mass is 450 g/mol. The number of anilines is 1. The molecule has 0 spiro atoms. The normalized spacial score (nSPS) is 10.7. The molecular formula is C24H26N4O5. The van der Waals surface area contributed by atoms with Crippen LogP contribution in [0.1, 0.15) is 39.4 Å². The minimum atomic E-state index is -0.665. The number of pyridine rings is 1. The molecule has 2 heterocycles. The molecule has 9 heteroatoms. The Labute approximate surface area is 191 Å². The first-order valence-corrected chi connectivity index (χ1v) is 10.6. The summed E-state index contributed by atoms with van der Waals surface area (Å²) >= 11 is 0. The minimum Gasteiger partial charge on any atom is -0.459 e. The van der Waals surface area contributed by atoms with Gasteiger partial charge in [0.05, 0.1) is 29.7 Å². The highest BCUT2D eigenvalue weighted by atomic mass is 16.5. The summed E-state index contributed by atoms with van der Waals surface area (Å²) in [5.41, 5.74) is 2.89. The second-order valence-electron chi connectivity index (χ2n) is 7.47. The van der Waals surface area contributed by atoms with Gasteiger partial charge in [-0.2, -0.15) is 5.10 Å². The maximum absolute atomic E-state index is 12.2. The molecule has 1 N–H and O–H groups in total. The van der Waals surface area contributed by atoms with E-state index in [4.69, 9.17) is 14.5 Å². The second-order valence-corrected chi connectivity index (χ2v) is 7.47. The number of carbonyl (C=O) groups is 2. The fourth-order valence-corrected chi connectivity index (χ4v) is 3.17. The number of nitrogens with zero attached hydrogens (tertiary/aromatic N) is 3. The zero-order valence-electron chi connectivity index (χ0n) is 19.0. The molecule has 33 heavy (non-hydrogen) atoms. The van der Waals surface area contributed by atoms with Crippen LogP contribution in [0.2, 0.25) is 0 Å². The maximum Gasteiger partial charge on any atom is 0.411 e. The van der Waals surface area contributed by atoms with Crippen molar-refractivity contribution in [3.05, 3.63) is 64.6 Å². The molecule has 0 bridgehead atoms. The first-order chi connectivity index (χ1) is 15.8. The van der Waals surface area contributed by atoms with Gasteiger partial charge in [-0.15, -0.1) is 0 Å². The molecule has 9 nitrogen and oxygen atoms in total. The molecule has 1 aromatic carbocycles. The molecule has 0 atom stereocenters. The van der Waals surface area contributed by atoms with Crippen molar-refractivity contribution in [3.8, 4) is 22.5 Å². The highest BCUT2D eigenvalue weighted by molar-refractivity contribution is 5.89. The largest absolute Gasteiger partial charge is 0.459 e. The Bertz CT molecular complexity index is 1210. The van der Waals surface area contributed by atoms with Crippen LogP contribution in [0.25, 0.3) is 22.5 Å². The number of amides is 1. The van der Waals surface area contributed by atoms with Crippen molar-refractivity contribution in [2.24, 2.45) is 0 Å². The lowest BCUT2D eigenvalue weighted by atomic mass is 10.0. The highest BCUT2D eigenvalue weighted by Gasteiger charge is 2.19. The van der Waals surface area contributed by atoms with E-state index in [1.165, 1.54) is 17.7 Å². The van der Waals surface area contributed by atoms with Gasteiger partial charge in [0, 0.05) is 24.1 Å². The summed E-state index contributed by atoms with van der Waals surface area (Å²) in [5.74, 6) is -0.477. The summed E-state index contributed by atoms with van der Waals surface area (Å²) in [7, 11) is 0. The number of rotatable bonds is 7. The van der Waals surface area contributed by atoms with Gasteiger partial charge in [0.25, 0.3) is 5.56 Å². The van der Waals surface area contributed by atoms with E-state index in [1.807, 2.05) is 44.2 Å². The lowest BCUT2D eigenvalue weighted by Crippen LogP contribution is -2.24. The molecule has 0 saturated heterocycles. The van der Waals surface area contributed by atoms with Gasteiger partial charge in [0.15, 0.2) is 0 Å². The Morgan fingerprint density at radius 2 is 1.82 bits per heavy atom. The Morgan fingerprint density at radius 1 is 1.09 bits per heavy atom. The first kappa shape index (κ1) is 23.6. The smallest absolute Gasteiger partial charge is 0.411 e. The molecule has 172 valence electrons. The van der Waals surface area contributed by atoms with Crippen LogP contribution >= 0.6 is 0 Å². The molecule has 0 aliphatic carbocycles. The lowest BCUT2D eigenvalue weighted by molar-refractivity contribution is -0.142. The van der Waals surface area contributed by atoms with Crippen LogP contribution in [0.5, 0.6) is 0 Å². The van der Waals surface area contributed by atoms with Crippen LogP contribution in [-0.4, -0.2) is 33.4 Å². The van der Waals surface area contributed by atoms with Gasteiger partial charge in [-0.3, -0.25) is 14.9 Å². The molecule has 0 aliphatic rings. The molecule has 0 aliphatic heterocycles. The first-order valence-electron chi connectivity index (χ1n) is 10.6. The Hall–Kier alpha value is -4.01. The number of nitrogens with one attached hydrogen (secondary N) is 1. The molecule has 0 saturated carbocycles. The Kier molecular flexibility index (Phi) is 7.55. The van der Waals surface area contributed by atoms with E-state index in [9.17, 15) is 14.4 Å². The molecule has 1 amide bonds. The van der Waals surface area contributed by atoms with Crippen molar-refractivity contribution in [1.29, 1.82) is 0 Å². The van der Waals surface area contributed by atoms with Crippen molar-refractivity contribution in [2.45, 2.75) is 40.3 Å². The van der Waals surface area contributed by atoms with Gasteiger partial charge in [0.2, 0.25) is 0 Å². The third-order valence-electron chi connectivity index (χ3n) is 4.66. The predicted octanol–water partition coefficient (Wildman–Crippen LogP) is 4.18. The van der Waals surface area contributed by atoms with Crippen molar-refractivity contribution in [3.63, 3.8) is 0 Å². The third kappa shape index (κ3) is 5.82. The standard InChI is InChI=1S/C24H26N4O5/c1-5-32-24(31)26-20-13-18(19-11-12-22(30)28(27-19)15(2)3)23(17-9-7-6-8-10-17)25-21(20)14-33-16(4)29/h6-13,15H,5,14H2,1-4H3,(H,26,31). The number of ether oxygens (including phenoxy) is 2. The molecule has 0 fully saturated rings. The van der Waals surface area contributed by atoms with Crippen molar-refractivity contribution < 1.29 is 19.1 Å². The summed E-state index contributed by atoms with van der Waals surface area (Å²) in [5, 5.41) is 7.19. The summed E-state index contributed by atoms with van der Waals surface area (Å²) in [6.07, 6.45) is -0.665. The average Bonchev–Trinajstić information content (AvgIpc) is 2.78. The number of carbonyl (C=O) groups excluding carboxylic acids is 2. The lowest BCUT2D eigenvalue weighted by Gasteiger charge is -2.17. The molecule has 2 aromatic heterocycles. The number of hydrogen-bond donors (Lipinski definition) is 1. The van der Waals surface area contributed by atoms with E-state index in [0.29, 0.717) is 28.3 Å². The average molecular weight is 450 g/mol. The minimum absolute atomic E-state index is 0.143. The third-order valence-corrected chi connectivity index (χ3v) is 4.66. The zero-order chi connectivity index (χ0) is 24.0. The van der Waals surface area contributed by atoms with Crippen molar-refractivity contribution in [2.75, 3.05) is 11.9 Å². The van der Waals surface area contributed by atoms with E-state index in [2.05, 4.69) is 10.4 Å². The van der Waals surface area contributed by atoms with Crippen LogP contribution in [0.3, 0.4) is 0 Å². The van der Waals surface area contributed by atoms with Gasteiger partial charge in [-0.05, 0) is 32.9 Å². The van der Waals surface area contributed by atoms with Gasteiger partial charge in [-0.1, -0.05) is 30.3 Å². The fraction of sp³-hybridized carbons (Fsp3) is 0.292. The van der Waals surface area contributed by atoms with E-state index in [0.717, 1.165) is 5.56 Å².